The maximum atomic E-state index is 12.0. The fourth-order valence-corrected chi connectivity index (χ4v) is 1.75. The summed E-state index contributed by atoms with van der Waals surface area (Å²) in [7, 11) is 1.68. The van der Waals surface area contributed by atoms with E-state index in [-0.39, 0.29) is 5.91 Å². The number of rotatable bonds is 3. The summed E-state index contributed by atoms with van der Waals surface area (Å²) < 4.78 is 1.84. The first-order valence-corrected chi connectivity index (χ1v) is 5.43. The van der Waals surface area contributed by atoms with Crippen LogP contribution in [0, 0.1) is 0 Å². The second-order valence-electron chi connectivity index (χ2n) is 4.18. The summed E-state index contributed by atoms with van der Waals surface area (Å²) >= 11 is 0. The Kier molecular flexibility index (Phi) is 3.10. The molecule has 0 bridgehead atoms. The summed E-state index contributed by atoms with van der Waals surface area (Å²) in [4.78, 5) is 17.5. The molecule has 0 fully saturated rings. The summed E-state index contributed by atoms with van der Waals surface area (Å²) in [6.45, 7) is 1.98. The van der Waals surface area contributed by atoms with E-state index < -0.39 is 6.10 Å². The molecular weight excluding hydrogens is 218 g/mol. The number of amides is 1. The smallest absolute Gasteiger partial charge is 0.253 e. The molecule has 0 aliphatic carbocycles. The van der Waals surface area contributed by atoms with Crippen molar-refractivity contribution in [3.05, 3.63) is 36.4 Å². The number of carbonyl (C=O) groups excluding carboxylic acids is 1. The highest BCUT2D eigenvalue weighted by atomic mass is 16.3. The van der Waals surface area contributed by atoms with Gasteiger partial charge in [0.25, 0.3) is 5.91 Å². The van der Waals surface area contributed by atoms with Crippen molar-refractivity contribution in [1.82, 2.24) is 14.3 Å². The predicted octanol–water partition coefficient (Wildman–Crippen LogP) is 0.787. The van der Waals surface area contributed by atoms with Crippen LogP contribution in [0.1, 0.15) is 17.3 Å². The van der Waals surface area contributed by atoms with Crippen LogP contribution in [0.3, 0.4) is 0 Å². The van der Waals surface area contributed by atoms with Crippen LogP contribution in [0.2, 0.25) is 0 Å². The van der Waals surface area contributed by atoms with E-state index in [1.165, 1.54) is 4.90 Å². The van der Waals surface area contributed by atoms with Crippen molar-refractivity contribution in [2.45, 2.75) is 13.0 Å². The fourth-order valence-electron chi connectivity index (χ4n) is 1.75. The van der Waals surface area contributed by atoms with Crippen LogP contribution >= 0.6 is 0 Å². The van der Waals surface area contributed by atoms with E-state index in [0.717, 1.165) is 5.52 Å². The molecule has 5 nitrogen and oxygen atoms in total. The van der Waals surface area contributed by atoms with E-state index >= 15 is 0 Å². The maximum absolute atomic E-state index is 12.0. The first kappa shape index (κ1) is 11.6. The zero-order chi connectivity index (χ0) is 12.4. The summed E-state index contributed by atoms with van der Waals surface area (Å²) in [5, 5.41) is 9.25. The van der Waals surface area contributed by atoms with Crippen molar-refractivity contribution < 1.29 is 9.90 Å². The maximum Gasteiger partial charge on any atom is 0.253 e. The van der Waals surface area contributed by atoms with Gasteiger partial charge in [0.1, 0.15) is 0 Å². The molecule has 1 unspecified atom stereocenters. The minimum atomic E-state index is -0.525. The van der Waals surface area contributed by atoms with Crippen LogP contribution in [-0.2, 0) is 0 Å². The average molecular weight is 233 g/mol. The number of nitrogens with zero attached hydrogens (tertiary/aromatic N) is 3. The highest BCUT2D eigenvalue weighted by Gasteiger charge is 2.13. The van der Waals surface area contributed by atoms with Crippen molar-refractivity contribution in [3.63, 3.8) is 0 Å². The van der Waals surface area contributed by atoms with Crippen molar-refractivity contribution >= 4 is 11.4 Å². The fraction of sp³-hybridized carbons (Fsp3) is 0.333. The third kappa shape index (κ3) is 2.45. The number of carbonyl (C=O) groups is 1. The van der Waals surface area contributed by atoms with Gasteiger partial charge in [0.2, 0.25) is 0 Å². The number of hydrogen-bond donors (Lipinski definition) is 1. The summed E-state index contributed by atoms with van der Waals surface area (Å²) in [5.74, 6) is -0.102. The molecule has 2 rings (SSSR count). The van der Waals surface area contributed by atoms with Gasteiger partial charge in [-0.2, -0.15) is 0 Å². The monoisotopic (exact) mass is 233 g/mol. The lowest BCUT2D eigenvalue weighted by Crippen LogP contribution is -2.33. The Bertz CT molecular complexity index is 533. The van der Waals surface area contributed by atoms with Crippen LogP contribution in [0.15, 0.2) is 30.9 Å². The molecule has 0 saturated heterocycles. The Morgan fingerprint density at radius 1 is 1.65 bits per heavy atom. The lowest BCUT2D eigenvalue weighted by molar-refractivity contribution is 0.0703. The number of pyridine rings is 1. The summed E-state index contributed by atoms with van der Waals surface area (Å²) in [5.41, 5.74) is 1.47. The molecule has 0 spiro atoms. The first-order chi connectivity index (χ1) is 8.08. The van der Waals surface area contributed by atoms with Crippen LogP contribution in [0.4, 0.5) is 0 Å². The van der Waals surface area contributed by atoms with Gasteiger partial charge in [-0.05, 0) is 19.1 Å². The number of likely N-dealkylation sites (N-methyl/N-ethyl adjacent to an activating group) is 1. The number of imidazole rings is 1. The molecule has 2 aromatic heterocycles. The van der Waals surface area contributed by atoms with Crippen LogP contribution < -0.4 is 0 Å². The topological polar surface area (TPSA) is 57.8 Å². The van der Waals surface area contributed by atoms with Gasteiger partial charge in [0.15, 0.2) is 0 Å². The zero-order valence-electron chi connectivity index (χ0n) is 9.87. The molecule has 5 heteroatoms. The average Bonchev–Trinajstić information content (AvgIpc) is 2.73. The summed E-state index contributed by atoms with van der Waals surface area (Å²) in [6, 6.07) is 3.53. The lowest BCUT2D eigenvalue weighted by atomic mass is 10.2. The molecule has 90 valence electrons. The Morgan fingerprint density at radius 2 is 2.41 bits per heavy atom. The molecule has 2 aromatic rings. The zero-order valence-corrected chi connectivity index (χ0v) is 9.87. The third-order valence-electron chi connectivity index (χ3n) is 2.55. The van der Waals surface area contributed by atoms with Crippen molar-refractivity contribution in [1.29, 1.82) is 0 Å². The van der Waals surface area contributed by atoms with Crippen molar-refractivity contribution in [2.24, 2.45) is 0 Å². The SMILES string of the molecule is CC(O)CN(C)C(=O)c1ccn2cncc2c1. The number of hydrogen-bond acceptors (Lipinski definition) is 3. The molecule has 17 heavy (non-hydrogen) atoms. The largest absolute Gasteiger partial charge is 0.392 e. The van der Waals surface area contributed by atoms with Gasteiger partial charge in [-0.15, -0.1) is 0 Å². The van der Waals surface area contributed by atoms with E-state index in [4.69, 9.17) is 0 Å². The third-order valence-corrected chi connectivity index (χ3v) is 2.55. The van der Waals surface area contributed by atoms with Crippen LogP contribution in [0.5, 0.6) is 0 Å². The first-order valence-electron chi connectivity index (χ1n) is 5.43. The number of aromatic nitrogens is 2. The van der Waals surface area contributed by atoms with Gasteiger partial charge in [0, 0.05) is 25.4 Å². The van der Waals surface area contributed by atoms with Gasteiger partial charge in [-0.3, -0.25) is 4.79 Å². The molecule has 0 aliphatic heterocycles. The Balaban J connectivity index is 2.23. The van der Waals surface area contributed by atoms with E-state index in [0.29, 0.717) is 12.1 Å². The molecule has 0 radical (unpaired) electrons. The minimum absolute atomic E-state index is 0.102. The van der Waals surface area contributed by atoms with Gasteiger partial charge in [-0.1, -0.05) is 0 Å². The molecule has 1 atom stereocenters. The lowest BCUT2D eigenvalue weighted by Gasteiger charge is -2.18. The second kappa shape index (κ2) is 4.55. The molecular formula is C12H15N3O2. The Hall–Kier alpha value is -1.88. The second-order valence-corrected chi connectivity index (χ2v) is 4.18. The van der Waals surface area contributed by atoms with Crippen molar-refractivity contribution in [2.75, 3.05) is 13.6 Å². The molecule has 0 aliphatic rings. The molecule has 0 aromatic carbocycles. The quantitative estimate of drug-likeness (QED) is 0.852. The van der Waals surface area contributed by atoms with E-state index in [1.54, 1.807) is 44.8 Å². The number of aliphatic hydroxyl groups is 1. The minimum Gasteiger partial charge on any atom is -0.392 e. The highest BCUT2D eigenvalue weighted by molar-refractivity contribution is 5.95. The van der Waals surface area contributed by atoms with Crippen LogP contribution in [-0.4, -0.2) is 45.0 Å². The Labute approximate surface area is 99.3 Å². The van der Waals surface area contributed by atoms with Gasteiger partial charge < -0.3 is 14.4 Å². The van der Waals surface area contributed by atoms with E-state index in [2.05, 4.69) is 4.98 Å². The number of fused-ring (bicyclic) bond motifs is 1. The molecule has 1 amide bonds. The van der Waals surface area contributed by atoms with Crippen LogP contribution in [0.25, 0.3) is 5.52 Å². The normalized spacial score (nSPS) is 12.6. The Morgan fingerprint density at radius 3 is 3.12 bits per heavy atom. The van der Waals surface area contributed by atoms with E-state index in [9.17, 15) is 9.90 Å². The number of aliphatic hydroxyl groups excluding tert-OH is 1. The van der Waals surface area contributed by atoms with Crippen molar-refractivity contribution in [3.8, 4) is 0 Å². The van der Waals surface area contributed by atoms with Gasteiger partial charge in [-0.25, -0.2) is 4.98 Å². The summed E-state index contributed by atoms with van der Waals surface area (Å²) in [6.07, 6.45) is 4.66. The molecule has 1 N–H and O–H groups in total. The standard InChI is InChI=1S/C12H15N3O2/c1-9(16)7-14(2)12(17)10-3-4-15-8-13-6-11(15)5-10/h3-6,8-9,16H,7H2,1-2H3. The van der Waals surface area contributed by atoms with Gasteiger partial charge in [0.05, 0.1) is 24.1 Å². The van der Waals surface area contributed by atoms with Gasteiger partial charge >= 0.3 is 0 Å². The predicted molar refractivity (Wildman–Crippen MR) is 63.8 cm³/mol. The molecule has 0 saturated carbocycles. The van der Waals surface area contributed by atoms with E-state index in [1.807, 2.05) is 4.40 Å². The highest BCUT2D eigenvalue weighted by Crippen LogP contribution is 2.09. The molecule has 2 heterocycles.